The summed E-state index contributed by atoms with van der Waals surface area (Å²) in [5, 5.41) is 0. The molecule has 1 atom stereocenters. The van der Waals surface area contributed by atoms with Crippen LogP contribution < -0.4 is 4.74 Å². The molecule has 1 aliphatic heterocycles. The number of fused-ring (bicyclic) bond motifs is 1. The van der Waals surface area contributed by atoms with Gasteiger partial charge in [0.05, 0.1) is 11.6 Å². The van der Waals surface area contributed by atoms with Gasteiger partial charge in [-0.1, -0.05) is 42.5 Å². The maximum Gasteiger partial charge on any atom is 0.260 e. The summed E-state index contributed by atoms with van der Waals surface area (Å²) in [6.07, 6.45) is 1.30. The van der Waals surface area contributed by atoms with Gasteiger partial charge in [0.25, 0.3) is 5.91 Å². The number of para-hydroxylation sites is 1. The molecule has 2 aromatic rings. The normalized spacial score (nSPS) is 15.0. The molecule has 106 valence electrons. The van der Waals surface area contributed by atoms with Gasteiger partial charge in [0.1, 0.15) is 12.0 Å². The fourth-order valence-electron chi connectivity index (χ4n) is 2.46. The SMILES string of the molecule is O=C[C@@H](Cc1ccccc1)N1COc2ccccc2C1=O. The third kappa shape index (κ3) is 2.65. The van der Waals surface area contributed by atoms with E-state index in [9.17, 15) is 9.59 Å². The van der Waals surface area contributed by atoms with Crippen LogP contribution in [0.5, 0.6) is 5.75 Å². The number of rotatable bonds is 4. The first kappa shape index (κ1) is 13.4. The highest BCUT2D eigenvalue weighted by atomic mass is 16.5. The molecule has 4 heteroatoms. The van der Waals surface area contributed by atoms with Crippen LogP contribution in [0.2, 0.25) is 0 Å². The summed E-state index contributed by atoms with van der Waals surface area (Å²) < 4.78 is 5.57. The zero-order valence-corrected chi connectivity index (χ0v) is 11.4. The lowest BCUT2D eigenvalue weighted by molar-refractivity contribution is -0.112. The molecule has 0 bridgehead atoms. The van der Waals surface area contributed by atoms with Crippen LogP contribution in [-0.4, -0.2) is 29.9 Å². The van der Waals surface area contributed by atoms with Crippen LogP contribution in [0.1, 0.15) is 15.9 Å². The molecule has 0 radical (unpaired) electrons. The Kier molecular flexibility index (Phi) is 3.69. The van der Waals surface area contributed by atoms with Crippen molar-refractivity contribution in [2.75, 3.05) is 6.73 Å². The number of hydrogen-bond donors (Lipinski definition) is 0. The molecular formula is C17H15NO3. The monoisotopic (exact) mass is 281 g/mol. The number of carbonyl (C=O) groups excluding carboxylic acids is 2. The van der Waals surface area contributed by atoms with Crippen molar-refractivity contribution in [3.8, 4) is 5.75 Å². The number of nitrogens with zero attached hydrogens (tertiary/aromatic N) is 1. The van der Waals surface area contributed by atoms with Gasteiger partial charge in [0.2, 0.25) is 0 Å². The number of hydrogen-bond acceptors (Lipinski definition) is 3. The maximum atomic E-state index is 12.5. The highest BCUT2D eigenvalue weighted by molar-refractivity contribution is 5.99. The minimum atomic E-state index is -0.520. The smallest absolute Gasteiger partial charge is 0.260 e. The summed E-state index contributed by atoms with van der Waals surface area (Å²) in [6.45, 7) is 0.103. The van der Waals surface area contributed by atoms with Crippen molar-refractivity contribution in [2.24, 2.45) is 0 Å². The summed E-state index contributed by atoms with van der Waals surface area (Å²) in [5.74, 6) is 0.410. The molecule has 1 heterocycles. The van der Waals surface area contributed by atoms with E-state index in [1.54, 1.807) is 18.2 Å². The largest absolute Gasteiger partial charge is 0.472 e. The third-order valence-corrected chi connectivity index (χ3v) is 3.58. The minimum absolute atomic E-state index is 0.103. The van der Waals surface area contributed by atoms with E-state index >= 15 is 0 Å². The van der Waals surface area contributed by atoms with E-state index < -0.39 is 6.04 Å². The van der Waals surface area contributed by atoms with Crippen molar-refractivity contribution < 1.29 is 14.3 Å². The van der Waals surface area contributed by atoms with E-state index in [4.69, 9.17) is 4.74 Å². The molecule has 2 aromatic carbocycles. The summed E-state index contributed by atoms with van der Waals surface area (Å²) in [4.78, 5) is 25.4. The number of aldehydes is 1. The van der Waals surface area contributed by atoms with Gasteiger partial charge >= 0.3 is 0 Å². The topological polar surface area (TPSA) is 46.6 Å². The Bertz CT molecular complexity index is 654. The van der Waals surface area contributed by atoms with Crippen LogP contribution >= 0.6 is 0 Å². The Labute approximate surface area is 123 Å². The summed E-state index contributed by atoms with van der Waals surface area (Å²) in [7, 11) is 0. The number of benzene rings is 2. The van der Waals surface area contributed by atoms with Crippen LogP contribution in [0, 0.1) is 0 Å². The second-order valence-corrected chi connectivity index (χ2v) is 4.94. The Morgan fingerprint density at radius 2 is 1.81 bits per heavy atom. The van der Waals surface area contributed by atoms with Gasteiger partial charge in [-0.15, -0.1) is 0 Å². The zero-order valence-electron chi connectivity index (χ0n) is 11.4. The van der Waals surface area contributed by atoms with E-state index in [0.717, 1.165) is 11.8 Å². The van der Waals surface area contributed by atoms with Crippen molar-refractivity contribution in [2.45, 2.75) is 12.5 Å². The quantitative estimate of drug-likeness (QED) is 0.808. The van der Waals surface area contributed by atoms with Crippen LogP contribution in [0.25, 0.3) is 0 Å². The van der Waals surface area contributed by atoms with Crippen LogP contribution in [0.15, 0.2) is 54.6 Å². The van der Waals surface area contributed by atoms with Gasteiger partial charge in [0.15, 0.2) is 6.73 Å². The second kappa shape index (κ2) is 5.79. The second-order valence-electron chi connectivity index (χ2n) is 4.94. The van der Waals surface area contributed by atoms with E-state index in [0.29, 0.717) is 17.7 Å². The average molecular weight is 281 g/mol. The Morgan fingerprint density at radius 1 is 1.10 bits per heavy atom. The lowest BCUT2D eigenvalue weighted by atomic mass is 10.0. The van der Waals surface area contributed by atoms with Crippen molar-refractivity contribution in [1.82, 2.24) is 4.90 Å². The first-order valence-electron chi connectivity index (χ1n) is 6.81. The van der Waals surface area contributed by atoms with Gasteiger partial charge in [-0.25, -0.2) is 0 Å². The van der Waals surface area contributed by atoms with Gasteiger partial charge in [0, 0.05) is 0 Å². The molecule has 1 amide bonds. The molecule has 0 saturated carbocycles. The molecule has 4 nitrogen and oxygen atoms in total. The highest BCUT2D eigenvalue weighted by Gasteiger charge is 2.30. The van der Waals surface area contributed by atoms with Gasteiger partial charge in [-0.05, 0) is 24.1 Å². The number of carbonyl (C=O) groups is 2. The van der Waals surface area contributed by atoms with Gasteiger partial charge in [-0.2, -0.15) is 0 Å². The molecule has 0 saturated heterocycles. The fourth-order valence-corrected chi connectivity index (χ4v) is 2.46. The fraction of sp³-hybridized carbons (Fsp3) is 0.176. The van der Waals surface area contributed by atoms with Crippen molar-refractivity contribution in [1.29, 1.82) is 0 Å². The molecule has 0 N–H and O–H groups in total. The molecule has 0 aliphatic carbocycles. The Hall–Kier alpha value is -2.62. The highest BCUT2D eigenvalue weighted by Crippen LogP contribution is 2.25. The first-order valence-corrected chi connectivity index (χ1v) is 6.81. The van der Waals surface area contributed by atoms with E-state index in [1.165, 1.54) is 4.90 Å². The zero-order chi connectivity index (χ0) is 14.7. The van der Waals surface area contributed by atoms with Crippen LogP contribution in [0.4, 0.5) is 0 Å². The van der Waals surface area contributed by atoms with Gasteiger partial charge < -0.3 is 9.53 Å². The summed E-state index contributed by atoms with van der Waals surface area (Å²) >= 11 is 0. The minimum Gasteiger partial charge on any atom is -0.472 e. The molecule has 0 spiro atoms. The van der Waals surface area contributed by atoms with E-state index in [-0.39, 0.29) is 12.6 Å². The van der Waals surface area contributed by atoms with E-state index in [1.807, 2.05) is 36.4 Å². The Balaban J connectivity index is 1.83. The molecule has 1 aliphatic rings. The number of ether oxygens (including phenoxy) is 1. The van der Waals surface area contributed by atoms with Crippen molar-refractivity contribution in [3.63, 3.8) is 0 Å². The van der Waals surface area contributed by atoms with Crippen LogP contribution in [-0.2, 0) is 11.2 Å². The molecule has 21 heavy (non-hydrogen) atoms. The van der Waals surface area contributed by atoms with E-state index in [2.05, 4.69) is 0 Å². The average Bonchev–Trinajstić information content (AvgIpc) is 2.55. The first-order chi connectivity index (χ1) is 10.3. The van der Waals surface area contributed by atoms with Gasteiger partial charge in [-0.3, -0.25) is 9.69 Å². The maximum absolute atomic E-state index is 12.5. The summed E-state index contributed by atoms with van der Waals surface area (Å²) in [6, 6.07) is 16.2. The molecule has 0 aromatic heterocycles. The predicted octanol–water partition coefficient (Wildman–Crippen LogP) is 2.29. The lowest BCUT2D eigenvalue weighted by Crippen LogP contribution is -2.47. The predicted molar refractivity (Wildman–Crippen MR) is 78.1 cm³/mol. The van der Waals surface area contributed by atoms with Crippen molar-refractivity contribution in [3.05, 3.63) is 65.7 Å². The molecule has 0 fully saturated rings. The molecule has 3 rings (SSSR count). The van der Waals surface area contributed by atoms with Crippen molar-refractivity contribution >= 4 is 12.2 Å². The van der Waals surface area contributed by atoms with Crippen LogP contribution in [0.3, 0.4) is 0 Å². The third-order valence-electron chi connectivity index (χ3n) is 3.58. The number of amides is 1. The summed E-state index contributed by atoms with van der Waals surface area (Å²) in [5.41, 5.74) is 1.52. The lowest BCUT2D eigenvalue weighted by Gasteiger charge is -2.32. The molecule has 0 unspecified atom stereocenters. The molecular weight excluding hydrogens is 266 g/mol. The Morgan fingerprint density at radius 3 is 2.57 bits per heavy atom. The standard InChI is InChI=1S/C17H15NO3/c19-11-14(10-13-6-2-1-3-7-13)18-12-21-16-9-5-4-8-15(16)17(18)20/h1-9,11,14H,10,12H2/t14-/m1/s1.